The van der Waals surface area contributed by atoms with Gasteiger partial charge in [-0.3, -0.25) is 0 Å². The lowest BCUT2D eigenvalue weighted by Gasteiger charge is -2.16. The van der Waals surface area contributed by atoms with Gasteiger partial charge < -0.3 is 5.32 Å². The molecule has 1 atom stereocenters. The molecule has 0 saturated heterocycles. The molecule has 1 aliphatic carbocycles. The van der Waals surface area contributed by atoms with Crippen LogP contribution in [-0.2, 0) is 12.8 Å². The van der Waals surface area contributed by atoms with E-state index in [1.165, 1.54) is 41.5 Å². The molecule has 2 aromatic rings. The van der Waals surface area contributed by atoms with Crippen LogP contribution >= 0.6 is 0 Å². The van der Waals surface area contributed by atoms with Gasteiger partial charge in [0.2, 0.25) is 0 Å². The molecule has 37 heavy (non-hydrogen) atoms. The van der Waals surface area contributed by atoms with E-state index in [-0.39, 0.29) is 7.43 Å². The third-order valence-corrected chi connectivity index (χ3v) is 5.79. The van der Waals surface area contributed by atoms with Gasteiger partial charge in [-0.1, -0.05) is 129 Å². The van der Waals surface area contributed by atoms with Crippen molar-refractivity contribution in [2.45, 2.75) is 87.5 Å². The second-order valence-corrected chi connectivity index (χ2v) is 8.27. The van der Waals surface area contributed by atoms with E-state index in [2.05, 4.69) is 118 Å². The zero-order chi connectivity index (χ0) is 27.2. The lowest BCUT2D eigenvalue weighted by Crippen LogP contribution is -2.07. The molecule has 1 N–H and O–H groups in total. The summed E-state index contributed by atoms with van der Waals surface area (Å²) in [5, 5.41) is 3.46. The van der Waals surface area contributed by atoms with Crippen molar-refractivity contribution < 1.29 is 0 Å². The number of allylic oxidation sites excluding steroid dienone is 7. The highest BCUT2D eigenvalue weighted by molar-refractivity contribution is 5.75. The number of hydrogen-bond donors (Lipinski definition) is 1. The second-order valence-electron chi connectivity index (χ2n) is 8.27. The number of aryl methyl sites for hydroxylation is 2. The SMILES string of the molecule is C.C=C.C=C(Nc1ccc(CCCc2ccc(C3=CCC=CC=C3)cc2)cc1)C(C)CCC.CC.CC. The van der Waals surface area contributed by atoms with Crippen LogP contribution in [0.5, 0.6) is 0 Å². The molecule has 1 aliphatic rings. The fourth-order valence-electron chi connectivity index (χ4n) is 3.82. The van der Waals surface area contributed by atoms with Crippen LogP contribution < -0.4 is 5.32 Å². The fourth-order valence-corrected chi connectivity index (χ4v) is 3.82. The average Bonchev–Trinajstić information content (AvgIpc) is 3.23. The summed E-state index contributed by atoms with van der Waals surface area (Å²) in [5.41, 5.74) is 7.67. The largest absolute Gasteiger partial charge is 0.359 e. The van der Waals surface area contributed by atoms with Crippen molar-refractivity contribution in [3.8, 4) is 0 Å². The first-order chi connectivity index (χ1) is 17.7. The third-order valence-electron chi connectivity index (χ3n) is 5.79. The first kappa shape index (κ1) is 36.1. The van der Waals surface area contributed by atoms with E-state index in [9.17, 15) is 0 Å². The molecule has 0 heterocycles. The highest BCUT2D eigenvalue weighted by Crippen LogP contribution is 2.21. The van der Waals surface area contributed by atoms with Crippen molar-refractivity contribution in [3.05, 3.63) is 121 Å². The Morgan fingerprint density at radius 2 is 1.41 bits per heavy atom. The minimum Gasteiger partial charge on any atom is -0.359 e. The van der Waals surface area contributed by atoms with Gasteiger partial charge in [-0.2, -0.15) is 0 Å². The van der Waals surface area contributed by atoms with Crippen LogP contribution in [0.15, 0.2) is 104 Å². The van der Waals surface area contributed by atoms with Crippen molar-refractivity contribution >= 4 is 11.3 Å². The summed E-state index contributed by atoms with van der Waals surface area (Å²) in [6.07, 6.45) is 17.7. The molecule has 0 fully saturated rings. The summed E-state index contributed by atoms with van der Waals surface area (Å²) in [6.45, 7) is 22.7. The van der Waals surface area contributed by atoms with Crippen molar-refractivity contribution in [1.82, 2.24) is 0 Å². The van der Waals surface area contributed by atoms with Crippen molar-refractivity contribution in [3.63, 3.8) is 0 Å². The zero-order valence-corrected chi connectivity index (χ0v) is 23.9. The Bertz CT molecular complexity index is 910. The first-order valence-corrected chi connectivity index (χ1v) is 13.8. The van der Waals surface area contributed by atoms with E-state index in [0.29, 0.717) is 5.92 Å². The van der Waals surface area contributed by atoms with E-state index >= 15 is 0 Å². The molecule has 1 nitrogen and oxygen atoms in total. The smallest absolute Gasteiger partial charge is 0.0381 e. The molecular formula is C36H55N. The predicted octanol–water partition coefficient (Wildman–Crippen LogP) is 11.6. The molecule has 0 amide bonds. The Kier molecular flexibility index (Phi) is 22.8. The Hall–Kier alpha value is -3.06. The van der Waals surface area contributed by atoms with Gasteiger partial charge >= 0.3 is 0 Å². The lowest BCUT2D eigenvalue weighted by molar-refractivity contribution is 0.606. The van der Waals surface area contributed by atoms with E-state index in [0.717, 1.165) is 30.6 Å². The number of anilines is 1. The maximum Gasteiger partial charge on any atom is 0.0381 e. The van der Waals surface area contributed by atoms with Crippen LogP contribution in [0.3, 0.4) is 0 Å². The summed E-state index contributed by atoms with van der Waals surface area (Å²) in [5.74, 6) is 0.507. The quantitative estimate of drug-likeness (QED) is 0.319. The van der Waals surface area contributed by atoms with Gasteiger partial charge in [-0.15, -0.1) is 13.2 Å². The molecule has 0 aromatic heterocycles. The summed E-state index contributed by atoms with van der Waals surface area (Å²) in [6, 6.07) is 17.9. The van der Waals surface area contributed by atoms with Gasteiger partial charge in [0.05, 0.1) is 0 Å². The molecule has 0 saturated carbocycles. The van der Waals surface area contributed by atoms with Gasteiger partial charge in [-0.05, 0) is 72.4 Å². The Balaban J connectivity index is 0. The Labute approximate surface area is 230 Å². The van der Waals surface area contributed by atoms with Gasteiger partial charge in [0.1, 0.15) is 0 Å². The van der Waals surface area contributed by atoms with E-state index in [1.54, 1.807) is 0 Å². The predicted molar refractivity (Wildman–Crippen MR) is 173 cm³/mol. The molecule has 3 rings (SSSR count). The summed E-state index contributed by atoms with van der Waals surface area (Å²) < 4.78 is 0. The molecule has 2 aromatic carbocycles. The highest BCUT2D eigenvalue weighted by Gasteiger charge is 2.06. The van der Waals surface area contributed by atoms with E-state index in [1.807, 2.05) is 27.7 Å². The van der Waals surface area contributed by atoms with Crippen LogP contribution in [0.25, 0.3) is 5.57 Å². The van der Waals surface area contributed by atoms with Crippen LogP contribution in [0.2, 0.25) is 0 Å². The molecule has 1 unspecified atom stereocenters. The van der Waals surface area contributed by atoms with Gasteiger partial charge in [-0.25, -0.2) is 0 Å². The van der Waals surface area contributed by atoms with Crippen LogP contribution in [0.1, 0.15) is 91.3 Å². The highest BCUT2D eigenvalue weighted by atomic mass is 14.9. The maximum absolute atomic E-state index is 4.19. The second kappa shape index (κ2) is 23.3. The molecule has 0 radical (unpaired) electrons. The van der Waals surface area contributed by atoms with Crippen molar-refractivity contribution in [1.29, 1.82) is 0 Å². The molecule has 204 valence electrons. The summed E-state index contributed by atoms with van der Waals surface area (Å²) >= 11 is 0. The number of hydrogen-bond acceptors (Lipinski definition) is 1. The molecule has 0 spiro atoms. The minimum atomic E-state index is 0. The van der Waals surface area contributed by atoms with Gasteiger partial charge in [0, 0.05) is 11.4 Å². The van der Waals surface area contributed by atoms with Gasteiger partial charge in [0.25, 0.3) is 0 Å². The van der Waals surface area contributed by atoms with E-state index in [4.69, 9.17) is 0 Å². The van der Waals surface area contributed by atoms with E-state index < -0.39 is 0 Å². The topological polar surface area (TPSA) is 12.0 Å². The summed E-state index contributed by atoms with van der Waals surface area (Å²) in [7, 11) is 0. The standard InChI is InChI=1S/C29H35N.2C2H6.C2H4.CH4/c1-4-10-23(2)24(3)30-29-21-17-26(18-22-29)12-9-11-25-15-19-28(20-16-25)27-13-7-5-6-8-14-27;3*1-2;/h5-7,13-23,30H,3-4,8-12H2,1-2H3;2*1-2H3;1-2H2;1H4. The fraction of sp³-hybridized carbons (Fsp3) is 0.389. The van der Waals surface area contributed by atoms with Crippen molar-refractivity contribution in [2.24, 2.45) is 5.92 Å². The Morgan fingerprint density at radius 3 is 1.95 bits per heavy atom. The number of nitrogens with one attached hydrogen (secondary N) is 1. The molecule has 1 heteroatoms. The van der Waals surface area contributed by atoms with Gasteiger partial charge in [0.15, 0.2) is 0 Å². The monoisotopic (exact) mass is 501 g/mol. The third kappa shape index (κ3) is 14.3. The minimum absolute atomic E-state index is 0. The maximum atomic E-state index is 4.19. The first-order valence-electron chi connectivity index (χ1n) is 13.8. The average molecular weight is 502 g/mol. The lowest BCUT2D eigenvalue weighted by atomic mass is 9.99. The van der Waals surface area contributed by atoms with Crippen LogP contribution in [0.4, 0.5) is 5.69 Å². The molecular weight excluding hydrogens is 446 g/mol. The number of benzene rings is 2. The summed E-state index contributed by atoms with van der Waals surface area (Å²) in [4.78, 5) is 0. The normalized spacial score (nSPS) is 11.9. The van der Waals surface area contributed by atoms with Crippen LogP contribution in [0, 0.1) is 5.92 Å². The van der Waals surface area contributed by atoms with Crippen LogP contribution in [-0.4, -0.2) is 0 Å². The Morgan fingerprint density at radius 1 is 0.865 bits per heavy atom. The molecule has 0 bridgehead atoms. The molecule has 0 aliphatic heterocycles. The zero-order valence-electron chi connectivity index (χ0n) is 23.9. The van der Waals surface area contributed by atoms with Crippen molar-refractivity contribution in [2.75, 3.05) is 5.32 Å². The number of rotatable bonds is 10.